The van der Waals surface area contributed by atoms with Crippen molar-refractivity contribution >= 4 is 20.7 Å². The predicted molar refractivity (Wildman–Crippen MR) is 92.2 cm³/mol. The molecule has 0 amide bonds. The Morgan fingerprint density at radius 1 is 1.04 bits per heavy atom. The fourth-order valence-electron chi connectivity index (χ4n) is 3.07. The molecule has 7 heteroatoms. The van der Waals surface area contributed by atoms with Crippen LogP contribution < -0.4 is 5.73 Å². The molecule has 0 aliphatic rings. The van der Waals surface area contributed by atoms with Gasteiger partial charge in [0.25, 0.3) is 0 Å². The second-order valence-electron chi connectivity index (χ2n) is 5.95. The largest absolute Gasteiger partial charge is 0.348 e. The lowest BCUT2D eigenvalue weighted by atomic mass is 10.1. The molecule has 0 fully saturated rings. The van der Waals surface area contributed by atoms with Crippen molar-refractivity contribution in [2.75, 3.05) is 6.54 Å². The number of sulfone groups is 1. The third-order valence-electron chi connectivity index (χ3n) is 4.45. The average molecular weight is 364 g/mol. The van der Waals surface area contributed by atoms with Gasteiger partial charge in [-0.1, -0.05) is 0 Å². The summed E-state index contributed by atoms with van der Waals surface area (Å²) in [6, 6.07) is 6.98. The van der Waals surface area contributed by atoms with Crippen LogP contribution in [0.2, 0.25) is 0 Å². The molecule has 0 aliphatic heterocycles. The van der Waals surface area contributed by atoms with Crippen LogP contribution >= 0.6 is 0 Å². The van der Waals surface area contributed by atoms with E-state index in [0.717, 1.165) is 34.3 Å². The van der Waals surface area contributed by atoms with Crippen molar-refractivity contribution in [1.29, 1.82) is 0 Å². The number of nitrogens with zero attached hydrogens (tertiary/aromatic N) is 1. The Kier molecular flexibility index (Phi) is 4.38. The number of hydrogen-bond acceptors (Lipinski definition) is 3. The molecule has 2 N–H and O–H groups in total. The standard InChI is InChI=1S/C18H18F2N2O2S/c1-11-16(5-6-21)17-10-14(3-4-18(17)22(11)2)25(23,24)15-8-12(19)7-13(20)9-15/h3-4,7-10H,5-6,21H2,1-2H3/i19+0. The zero-order chi connectivity index (χ0) is 18.4. The van der Waals surface area contributed by atoms with Gasteiger partial charge in [0.15, 0.2) is 0 Å². The van der Waals surface area contributed by atoms with Crippen LogP contribution in [0.3, 0.4) is 0 Å². The van der Waals surface area contributed by atoms with Crippen molar-refractivity contribution in [3.8, 4) is 0 Å². The van der Waals surface area contributed by atoms with E-state index in [-0.39, 0.29) is 4.90 Å². The maximum atomic E-state index is 13.4. The van der Waals surface area contributed by atoms with Crippen molar-refractivity contribution in [2.24, 2.45) is 12.8 Å². The van der Waals surface area contributed by atoms with E-state index in [2.05, 4.69) is 0 Å². The number of nitrogens with two attached hydrogens (primary N) is 1. The second-order valence-corrected chi connectivity index (χ2v) is 7.90. The smallest absolute Gasteiger partial charge is 0.206 e. The molecule has 3 rings (SSSR count). The normalized spacial score (nSPS) is 12.0. The lowest BCUT2D eigenvalue weighted by Crippen LogP contribution is -2.05. The first-order chi connectivity index (χ1) is 11.8. The number of hydrogen-bond donors (Lipinski definition) is 1. The van der Waals surface area contributed by atoms with Gasteiger partial charge in [0.1, 0.15) is 11.6 Å². The number of halogens is 2. The summed E-state index contributed by atoms with van der Waals surface area (Å²) in [5.74, 6) is -1.86. The minimum atomic E-state index is -4.03. The van der Waals surface area contributed by atoms with Gasteiger partial charge in [-0.25, -0.2) is 17.2 Å². The quantitative estimate of drug-likeness (QED) is 0.774. The monoisotopic (exact) mass is 364 g/mol. The van der Waals surface area contributed by atoms with E-state index in [1.165, 1.54) is 6.07 Å². The number of aryl methyl sites for hydroxylation is 1. The molecule has 0 aliphatic carbocycles. The number of fused-ring (bicyclic) bond motifs is 1. The summed E-state index contributed by atoms with van der Waals surface area (Å²) < 4.78 is 54.4. The van der Waals surface area contributed by atoms with Crippen molar-refractivity contribution in [1.82, 2.24) is 4.57 Å². The van der Waals surface area contributed by atoms with Crippen molar-refractivity contribution < 1.29 is 17.2 Å². The van der Waals surface area contributed by atoms with E-state index in [9.17, 15) is 17.2 Å². The van der Waals surface area contributed by atoms with Gasteiger partial charge in [0.2, 0.25) is 9.84 Å². The SMILES string of the molecule is Cc1c(CCN)c2cc(S(=O)(=O)c3cc(F)cc([19F])c3)ccc2n1C. The van der Waals surface area contributed by atoms with Crippen LogP contribution in [0.5, 0.6) is 0 Å². The Bertz CT molecular complexity index is 1050. The molecule has 0 saturated heterocycles. The maximum Gasteiger partial charge on any atom is 0.206 e. The fourth-order valence-corrected chi connectivity index (χ4v) is 4.40. The third kappa shape index (κ3) is 2.94. The first-order valence-electron chi connectivity index (χ1n) is 7.75. The lowest BCUT2D eigenvalue weighted by Gasteiger charge is -2.07. The number of rotatable bonds is 4. The predicted octanol–water partition coefficient (Wildman–Crippen LogP) is 3.10. The van der Waals surface area contributed by atoms with Crippen LogP contribution in [-0.2, 0) is 23.3 Å². The van der Waals surface area contributed by atoms with E-state index in [4.69, 9.17) is 5.73 Å². The van der Waals surface area contributed by atoms with Crippen molar-refractivity contribution in [3.63, 3.8) is 0 Å². The van der Waals surface area contributed by atoms with E-state index in [1.54, 1.807) is 12.1 Å². The molecule has 3 aromatic rings. The molecule has 0 bridgehead atoms. The Balaban J connectivity index is 2.23. The van der Waals surface area contributed by atoms with Gasteiger partial charge in [0, 0.05) is 29.7 Å². The summed E-state index contributed by atoms with van der Waals surface area (Å²) in [5.41, 5.74) is 8.53. The van der Waals surface area contributed by atoms with Crippen LogP contribution in [-0.4, -0.2) is 19.5 Å². The summed E-state index contributed by atoms with van der Waals surface area (Å²) >= 11 is 0. The molecule has 2 aromatic carbocycles. The molecule has 132 valence electrons. The van der Waals surface area contributed by atoms with Crippen LogP contribution in [0, 0.1) is 18.6 Å². The number of benzene rings is 2. The molecule has 25 heavy (non-hydrogen) atoms. The Morgan fingerprint density at radius 3 is 2.28 bits per heavy atom. The Labute approximate surface area is 144 Å². The molecular formula is C18H18F2N2O2S. The van der Waals surface area contributed by atoms with Crippen LogP contribution in [0.15, 0.2) is 46.2 Å². The van der Waals surface area contributed by atoms with Gasteiger partial charge >= 0.3 is 0 Å². The zero-order valence-corrected chi connectivity index (χ0v) is 14.7. The van der Waals surface area contributed by atoms with E-state index < -0.39 is 26.4 Å². The first-order valence-corrected chi connectivity index (χ1v) is 9.23. The van der Waals surface area contributed by atoms with Gasteiger partial charge in [-0.15, -0.1) is 0 Å². The van der Waals surface area contributed by atoms with E-state index >= 15 is 0 Å². The van der Waals surface area contributed by atoms with Gasteiger partial charge in [-0.3, -0.25) is 0 Å². The van der Waals surface area contributed by atoms with E-state index in [1.807, 2.05) is 18.5 Å². The zero-order valence-electron chi connectivity index (χ0n) is 13.9. The summed E-state index contributed by atoms with van der Waals surface area (Å²) in [7, 11) is -2.13. The van der Waals surface area contributed by atoms with Gasteiger partial charge in [-0.2, -0.15) is 0 Å². The maximum absolute atomic E-state index is 13.4. The summed E-state index contributed by atoms with van der Waals surface area (Å²) in [4.78, 5) is -0.411. The molecule has 1 aromatic heterocycles. The van der Waals surface area contributed by atoms with Crippen LogP contribution in [0.4, 0.5) is 8.78 Å². The van der Waals surface area contributed by atoms with Crippen molar-refractivity contribution in [3.05, 3.63) is 59.3 Å². The van der Waals surface area contributed by atoms with Crippen LogP contribution in [0.1, 0.15) is 11.3 Å². The van der Waals surface area contributed by atoms with Gasteiger partial charge in [0.05, 0.1) is 9.79 Å². The molecule has 0 unspecified atom stereocenters. The summed E-state index contributed by atoms with van der Waals surface area (Å²) in [6.07, 6.45) is 0.612. The van der Waals surface area contributed by atoms with Gasteiger partial charge < -0.3 is 10.3 Å². The highest BCUT2D eigenvalue weighted by atomic mass is 32.2. The first kappa shape index (κ1) is 17.6. The highest BCUT2D eigenvalue weighted by molar-refractivity contribution is 7.91. The fraction of sp³-hybridized carbons (Fsp3) is 0.222. The molecule has 0 spiro atoms. The summed E-state index contributed by atoms with van der Waals surface area (Å²) in [5, 5.41) is 0.781. The second kappa shape index (κ2) is 6.24. The Hall–Kier alpha value is -2.25. The minimum absolute atomic E-state index is 0.00567. The average Bonchev–Trinajstić information content (AvgIpc) is 2.79. The molecule has 0 atom stereocenters. The lowest BCUT2D eigenvalue weighted by molar-refractivity contribution is 0.567. The molecular weight excluding hydrogens is 346 g/mol. The van der Waals surface area contributed by atoms with Crippen molar-refractivity contribution in [2.45, 2.75) is 23.1 Å². The highest BCUT2D eigenvalue weighted by Crippen LogP contribution is 2.30. The van der Waals surface area contributed by atoms with E-state index in [0.29, 0.717) is 19.0 Å². The number of aromatic nitrogens is 1. The highest BCUT2D eigenvalue weighted by Gasteiger charge is 2.22. The van der Waals surface area contributed by atoms with Crippen LogP contribution in [0.25, 0.3) is 10.9 Å². The molecule has 4 nitrogen and oxygen atoms in total. The summed E-state index contributed by atoms with van der Waals surface area (Å²) in [6.45, 7) is 2.38. The topological polar surface area (TPSA) is 65.1 Å². The molecule has 1 heterocycles. The van der Waals surface area contributed by atoms with Gasteiger partial charge in [-0.05, 0) is 55.8 Å². The minimum Gasteiger partial charge on any atom is -0.348 e. The third-order valence-corrected chi connectivity index (χ3v) is 6.18. The molecule has 0 saturated carbocycles. The Morgan fingerprint density at radius 2 is 1.68 bits per heavy atom. The molecule has 0 radical (unpaired) electrons.